The molecular weight excluding hydrogens is 232 g/mol. The fraction of sp³-hybridized carbons (Fsp3) is 0.385. The van der Waals surface area contributed by atoms with Crippen LogP contribution in [0, 0.1) is 6.92 Å². The van der Waals surface area contributed by atoms with Gasteiger partial charge < -0.3 is 4.42 Å². The van der Waals surface area contributed by atoms with Gasteiger partial charge in [0.15, 0.2) is 0 Å². The molecule has 0 N–H and O–H groups in total. The molecule has 17 heavy (non-hydrogen) atoms. The van der Waals surface area contributed by atoms with Gasteiger partial charge in [-0.05, 0) is 23.6 Å². The highest BCUT2D eigenvalue weighted by Crippen LogP contribution is 2.24. The Bertz CT molecular complexity index is 476. The summed E-state index contributed by atoms with van der Waals surface area (Å²) in [6.07, 6.45) is 0. The Kier molecular flexibility index (Phi) is 3.84. The van der Waals surface area contributed by atoms with E-state index in [9.17, 15) is 0 Å². The molecule has 3 nitrogen and oxygen atoms in total. The number of hydrogen-bond donors (Lipinski definition) is 0. The fourth-order valence-corrected chi connectivity index (χ4v) is 2.23. The second kappa shape index (κ2) is 5.36. The Balaban J connectivity index is 1.95. The number of aromatic nitrogens is 2. The van der Waals surface area contributed by atoms with Gasteiger partial charge in [-0.25, -0.2) is 0 Å². The molecule has 0 saturated carbocycles. The van der Waals surface area contributed by atoms with Crippen molar-refractivity contribution in [3.63, 3.8) is 0 Å². The van der Waals surface area contributed by atoms with Crippen LogP contribution in [-0.4, -0.2) is 10.2 Å². The Hall–Kier alpha value is -1.29. The van der Waals surface area contributed by atoms with Gasteiger partial charge in [0.1, 0.15) is 0 Å². The lowest BCUT2D eigenvalue weighted by atomic mass is 10.0. The highest BCUT2D eigenvalue weighted by atomic mass is 32.2. The summed E-state index contributed by atoms with van der Waals surface area (Å²) < 4.78 is 5.32. The summed E-state index contributed by atoms with van der Waals surface area (Å²) in [5.74, 6) is 2.60. The molecule has 1 aromatic carbocycles. The third-order valence-corrected chi connectivity index (χ3v) is 3.47. The molecule has 0 aliphatic rings. The third-order valence-electron chi connectivity index (χ3n) is 2.48. The molecule has 0 spiro atoms. The van der Waals surface area contributed by atoms with E-state index in [0.29, 0.717) is 17.7 Å². The molecule has 90 valence electrons. The predicted octanol–water partition coefficient (Wildman–Crippen LogP) is 3.79. The van der Waals surface area contributed by atoms with E-state index in [4.69, 9.17) is 4.42 Å². The van der Waals surface area contributed by atoms with Crippen molar-refractivity contribution in [3.05, 3.63) is 41.6 Å². The average Bonchev–Trinajstić information content (AvgIpc) is 2.73. The summed E-state index contributed by atoms with van der Waals surface area (Å²) in [7, 11) is 0. The summed E-state index contributed by atoms with van der Waals surface area (Å²) in [6, 6.07) is 8.63. The van der Waals surface area contributed by atoms with Gasteiger partial charge in [0.2, 0.25) is 11.8 Å². The van der Waals surface area contributed by atoms with E-state index in [1.165, 1.54) is 10.5 Å². The van der Waals surface area contributed by atoms with Gasteiger partial charge in [-0.1, -0.05) is 26.0 Å². The Morgan fingerprint density at radius 1 is 1.18 bits per heavy atom. The van der Waals surface area contributed by atoms with Gasteiger partial charge in [0.25, 0.3) is 0 Å². The topological polar surface area (TPSA) is 38.9 Å². The van der Waals surface area contributed by atoms with Crippen molar-refractivity contribution in [3.8, 4) is 0 Å². The number of hydrogen-bond acceptors (Lipinski definition) is 4. The van der Waals surface area contributed by atoms with E-state index in [1.54, 1.807) is 18.7 Å². The van der Waals surface area contributed by atoms with Crippen molar-refractivity contribution >= 4 is 11.8 Å². The van der Waals surface area contributed by atoms with Crippen LogP contribution in [0.2, 0.25) is 0 Å². The van der Waals surface area contributed by atoms with Crippen LogP contribution in [0.4, 0.5) is 0 Å². The SMILES string of the molecule is Cc1nnc(CSc2ccc(C(C)C)cc2)o1. The van der Waals surface area contributed by atoms with Gasteiger partial charge in [-0.3, -0.25) is 0 Å². The molecule has 0 amide bonds. The van der Waals surface area contributed by atoms with E-state index in [2.05, 4.69) is 48.3 Å². The van der Waals surface area contributed by atoms with Gasteiger partial charge in [-0.15, -0.1) is 22.0 Å². The van der Waals surface area contributed by atoms with Crippen LogP contribution in [0.3, 0.4) is 0 Å². The predicted molar refractivity (Wildman–Crippen MR) is 69.1 cm³/mol. The van der Waals surface area contributed by atoms with Crippen molar-refractivity contribution in [2.75, 3.05) is 0 Å². The Labute approximate surface area is 106 Å². The number of benzene rings is 1. The molecule has 0 unspecified atom stereocenters. The first-order chi connectivity index (χ1) is 8.15. The van der Waals surface area contributed by atoms with Crippen molar-refractivity contribution < 1.29 is 4.42 Å². The summed E-state index contributed by atoms with van der Waals surface area (Å²) in [5.41, 5.74) is 1.36. The molecule has 0 radical (unpaired) electrons. The highest BCUT2D eigenvalue weighted by molar-refractivity contribution is 7.98. The standard InChI is InChI=1S/C13H16N2OS/c1-9(2)11-4-6-12(7-5-11)17-8-13-15-14-10(3)16-13/h4-7,9H,8H2,1-3H3. The fourth-order valence-electron chi connectivity index (χ4n) is 1.49. The molecule has 0 atom stereocenters. The van der Waals surface area contributed by atoms with E-state index < -0.39 is 0 Å². The molecule has 1 aromatic heterocycles. The van der Waals surface area contributed by atoms with Gasteiger partial charge in [0.05, 0.1) is 5.75 Å². The Morgan fingerprint density at radius 3 is 2.41 bits per heavy atom. The molecule has 1 heterocycles. The normalized spacial score (nSPS) is 11.1. The van der Waals surface area contributed by atoms with Crippen LogP contribution in [0.15, 0.2) is 33.6 Å². The summed E-state index contributed by atoms with van der Waals surface area (Å²) in [4.78, 5) is 1.23. The molecular formula is C13H16N2OS. The lowest BCUT2D eigenvalue weighted by molar-refractivity contribution is 0.485. The van der Waals surface area contributed by atoms with Crippen molar-refractivity contribution in [1.29, 1.82) is 0 Å². The maximum absolute atomic E-state index is 5.32. The van der Waals surface area contributed by atoms with Crippen LogP contribution in [0.5, 0.6) is 0 Å². The average molecular weight is 248 g/mol. The second-order valence-corrected chi connectivity index (χ2v) is 5.28. The van der Waals surface area contributed by atoms with E-state index in [1.807, 2.05) is 0 Å². The number of rotatable bonds is 4. The van der Waals surface area contributed by atoms with Gasteiger partial charge in [0, 0.05) is 11.8 Å². The monoisotopic (exact) mass is 248 g/mol. The second-order valence-electron chi connectivity index (χ2n) is 4.23. The first kappa shape index (κ1) is 12.2. The van der Waals surface area contributed by atoms with Crippen LogP contribution >= 0.6 is 11.8 Å². The molecule has 0 bridgehead atoms. The molecule has 0 saturated heterocycles. The molecule has 0 aliphatic heterocycles. The summed E-state index contributed by atoms with van der Waals surface area (Å²) in [5, 5.41) is 7.78. The van der Waals surface area contributed by atoms with Gasteiger partial charge in [-0.2, -0.15) is 0 Å². The maximum atomic E-state index is 5.32. The molecule has 0 aliphatic carbocycles. The lowest BCUT2D eigenvalue weighted by Crippen LogP contribution is -1.86. The summed E-state index contributed by atoms with van der Waals surface area (Å²) >= 11 is 1.71. The molecule has 2 rings (SSSR count). The number of thioether (sulfide) groups is 1. The highest BCUT2D eigenvalue weighted by Gasteiger charge is 2.04. The van der Waals surface area contributed by atoms with E-state index in [-0.39, 0.29) is 0 Å². The van der Waals surface area contributed by atoms with Crippen molar-refractivity contribution in [2.24, 2.45) is 0 Å². The molecule has 2 aromatic rings. The maximum Gasteiger partial charge on any atom is 0.226 e. The number of aryl methyl sites for hydroxylation is 1. The summed E-state index contributed by atoms with van der Waals surface area (Å²) in [6.45, 7) is 6.20. The third kappa shape index (κ3) is 3.33. The minimum atomic E-state index is 0.577. The minimum Gasteiger partial charge on any atom is -0.425 e. The van der Waals surface area contributed by atoms with Crippen molar-refractivity contribution in [1.82, 2.24) is 10.2 Å². The number of nitrogens with zero attached hydrogens (tertiary/aromatic N) is 2. The smallest absolute Gasteiger partial charge is 0.226 e. The Morgan fingerprint density at radius 2 is 1.88 bits per heavy atom. The van der Waals surface area contributed by atoms with E-state index >= 15 is 0 Å². The zero-order valence-electron chi connectivity index (χ0n) is 10.3. The molecule has 4 heteroatoms. The van der Waals surface area contributed by atoms with Gasteiger partial charge >= 0.3 is 0 Å². The van der Waals surface area contributed by atoms with E-state index in [0.717, 1.165) is 5.75 Å². The molecule has 0 fully saturated rings. The zero-order valence-corrected chi connectivity index (χ0v) is 11.1. The minimum absolute atomic E-state index is 0.577. The zero-order chi connectivity index (χ0) is 12.3. The first-order valence-electron chi connectivity index (χ1n) is 5.67. The van der Waals surface area contributed by atoms with Crippen LogP contribution in [0.25, 0.3) is 0 Å². The first-order valence-corrected chi connectivity index (χ1v) is 6.65. The van der Waals surface area contributed by atoms with Crippen LogP contribution < -0.4 is 0 Å². The largest absolute Gasteiger partial charge is 0.425 e. The van der Waals surface area contributed by atoms with Crippen LogP contribution in [-0.2, 0) is 5.75 Å². The lowest BCUT2D eigenvalue weighted by Gasteiger charge is -2.05. The van der Waals surface area contributed by atoms with Crippen LogP contribution in [0.1, 0.15) is 37.1 Å². The quantitative estimate of drug-likeness (QED) is 0.772. The van der Waals surface area contributed by atoms with Crippen molar-refractivity contribution in [2.45, 2.75) is 37.3 Å².